The molecule has 0 unspecified atom stereocenters. The van der Waals surface area contributed by atoms with Crippen molar-refractivity contribution >= 4 is 24.7 Å². The van der Waals surface area contributed by atoms with Crippen LogP contribution in [0.5, 0.6) is 0 Å². The van der Waals surface area contributed by atoms with E-state index in [2.05, 4.69) is 41.3 Å². The first-order chi connectivity index (χ1) is 8.37. The smallest absolute Gasteiger partial charge is 0.269 e. The maximum absolute atomic E-state index is 10.7. The zero-order chi connectivity index (χ0) is 13.3. The first-order valence-corrected chi connectivity index (χ1v) is 9.02. The molecule has 1 heterocycles. The van der Waals surface area contributed by atoms with Gasteiger partial charge in [0.1, 0.15) is 13.8 Å². The van der Waals surface area contributed by atoms with Gasteiger partial charge in [-0.1, -0.05) is 25.6 Å². The topological polar surface area (TPSA) is 71.8 Å². The molecule has 92 valence electrons. The monoisotopic (exact) mass is 259 g/mol. The number of hydrogen-bond acceptors (Lipinski definition) is 3. The molecule has 2 rings (SSSR count). The molecule has 1 N–H and O–H groups in total. The maximum Gasteiger partial charge on any atom is 0.270 e. The van der Waals surface area contributed by atoms with E-state index in [0.717, 1.165) is 0 Å². The number of benzene rings is 1. The van der Waals surface area contributed by atoms with Crippen LogP contribution in [-0.4, -0.2) is 23.2 Å². The fraction of sp³-hybridized carbons (Fsp3) is 0.250. The second-order valence-electron chi connectivity index (χ2n) is 5.06. The molecule has 1 aromatic carbocycles. The Morgan fingerprint density at radius 2 is 2.11 bits per heavy atom. The highest BCUT2D eigenvalue weighted by atomic mass is 28.3. The Bertz CT molecular complexity index is 674. The van der Waals surface area contributed by atoms with Crippen molar-refractivity contribution in [2.45, 2.75) is 19.6 Å². The largest absolute Gasteiger partial charge is 0.270 e. The number of nitrogens with one attached hydrogen (secondary N) is 1. The lowest BCUT2D eigenvalue weighted by molar-refractivity contribution is -0.384. The maximum atomic E-state index is 10.7. The highest BCUT2D eigenvalue weighted by Crippen LogP contribution is 2.21. The van der Waals surface area contributed by atoms with Crippen LogP contribution in [0.25, 0.3) is 10.9 Å². The molecule has 0 aliphatic carbocycles. The SMILES string of the molecule is C[Si](C)(C)C#Cc1[nH]nc2ccc([N+](=O)[O-])cc12. The van der Waals surface area contributed by atoms with Crippen LogP contribution in [0.2, 0.25) is 19.6 Å². The van der Waals surface area contributed by atoms with Crippen LogP contribution < -0.4 is 0 Å². The fourth-order valence-corrected chi connectivity index (χ4v) is 1.96. The number of nitrogens with zero attached hydrogens (tertiary/aromatic N) is 2. The van der Waals surface area contributed by atoms with E-state index in [1.165, 1.54) is 12.1 Å². The number of rotatable bonds is 1. The molecule has 0 bridgehead atoms. The van der Waals surface area contributed by atoms with Gasteiger partial charge in [-0.2, -0.15) is 5.10 Å². The molecular weight excluding hydrogens is 246 g/mol. The second-order valence-corrected chi connectivity index (χ2v) is 9.81. The van der Waals surface area contributed by atoms with Gasteiger partial charge in [0, 0.05) is 17.5 Å². The van der Waals surface area contributed by atoms with Crippen molar-refractivity contribution < 1.29 is 4.92 Å². The summed E-state index contributed by atoms with van der Waals surface area (Å²) in [5.41, 5.74) is 4.61. The van der Waals surface area contributed by atoms with Crippen LogP contribution in [-0.2, 0) is 0 Å². The molecule has 0 saturated heterocycles. The predicted octanol–water partition coefficient (Wildman–Crippen LogP) is 2.70. The van der Waals surface area contributed by atoms with Crippen LogP contribution in [0.4, 0.5) is 5.69 Å². The van der Waals surface area contributed by atoms with Crippen LogP contribution in [0.15, 0.2) is 18.2 Å². The molecule has 0 aliphatic rings. The molecule has 0 fully saturated rings. The molecule has 6 heteroatoms. The molecule has 0 aliphatic heterocycles. The van der Waals surface area contributed by atoms with Gasteiger partial charge in [0.15, 0.2) is 0 Å². The predicted molar refractivity (Wildman–Crippen MR) is 73.0 cm³/mol. The summed E-state index contributed by atoms with van der Waals surface area (Å²) in [6.07, 6.45) is 0. The second kappa shape index (κ2) is 4.27. The van der Waals surface area contributed by atoms with E-state index >= 15 is 0 Å². The van der Waals surface area contributed by atoms with Crippen LogP contribution in [0, 0.1) is 21.6 Å². The lowest BCUT2D eigenvalue weighted by Gasteiger charge is -2.02. The van der Waals surface area contributed by atoms with Crippen molar-refractivity contribution in [1.29, 1.82) is 0 Å². The molecule has 5 nitrogen and oxygen atoms in total. The summed E-state index contributed by atoms with van der Waals surface area (Å²) in [7, 11) is -1.48. The summed E-state index contributed by atoms with van der Waals surface area (Å²) in [5.74, 6) is 3.04. The van der Waals surface area contributed by atoms with E-state index in [1.54, 1.807) is 6.07 Å². The third-order valence-corrected chi connectivity index (χ3v) is 3.19. The number of aromatic amines is 1. The molecule has 0 radical (unpaired) electrons. The quantitative estimate of drug-likeness (QED) is 0.370. The third-order valence-electron chi connectivity index (χ3n) is 2.31. The van der Waals surface area contributed by atoms with Gasteiger partial charge in [-0.05, 0) is 6.07 Å². The summed E-state index contributed by atoms with van der Waals surface area (Å²) < 4.78 is 0. The summed E-state index contributed by atoms with van der Waals surface area (Å²) in [4.78, 5) is 10.3. The average molecular weight is 259 g/mol. The first kappa shape index (κ1) is 12.3. The molecule has 0 amide bonds. The molecule has 1 aromatic heterocycles. The molecule has 0 spiro atoms. The van der Waals surface area contributed by atoms with Crippen molar-refractivity contribution in [3.05, 3.63) is 34.0 Å². The molecule has 2 aromatic rings. The number of aromatic nitrogens is 2. The van der Waals surface area contributed by atoms with E-state index in [4.69, 9.17) is 0 Å². The summed E-state index contributed by atoms with van der Waals surface area (Å²) in [5, 5.41) is 18.4. The first-order valence-electron chi connectivity index (χ1n) is 5.52. The average Bonchev–Trinajstić information content (AvgIpc) is 2.67. The zero-order valence-electron chi connectivity index (χ0n) is 10.4. The van der Waals surface area contributed by atoms with Gasteiger partial charge in [0.25, 0.3) is 5.69 Å². The Labute approximate surface area is 105 Å². The van der Waals surface area contributed by atoms with Gasteiger partial charge in [-0.15, -0.1) is 5.54 Å². The summed E-state index contributed by atoms with van der Waals surface area (Å²) in [6, 6.07) is 4.58. The van der Waals surface area contributed by atoms with Gasteiger partial charge in [-0.25, -0.2) is 0 Å². The Kier molecular flexibility index (Phi) is 2.93. The minimum absolute atomic E-state index is 0.0555. The summed E-state index contributed by atoms with van der Waals surface area (Å²) in [6.45, 7) is 6.42. The zero-order valence-corrected chi connectivity index (χ0v) is 11.4. The number of nitro benzene ring substituents is 1. The Morgan fingerprint density at radius 1 is 1.39 bits per heavy atom. The molecule has 0 saturated carbocycles. The van der Waals surface area contributed by atoms with Crippen LogP contribution >= 0.6 is 0 Å². The Hall–Kier alpha value is -2.13. The number of hydrogen-bond donors (Lipinski definition) is 1. The van der Waals surface area contributed by atoms with Crippen molar-refractivity contribution in [2.24, 2.45) is 0 Å². The molecule has 18 heavy (non-hydrogen) atoms. The normalized spacial score (nSPS) is 11.1. The van der Waals surface area contributed by atoms with Gasteiger partial charge < -0.3 is 0 Å². The van der Waals surface area contributed by atoms with Crippen LogP contribution in [0.3, 0.4) is 0 Å². The lowest BCUT2D eigenvalue weighted by atomic mass is 10.2. The van der Waals surface area contributed by atoms with Crippen molar-refractivity contribution in [2.75, 3.05) is 0 Å². The van der Waals surface area contributed by atoms with Crippen LogP contribution in [0.1, 0.15) is 5.69 Å². The van der Waals surface area contributed by atoms with Crippen molar-refractivity contribution in [3.63, 3.8) is 0 Å². The standard InChI is InChI=1S/C12H13N3O2Si/c1-18(2,3)7-6-12-10-8-9(15(16)17)4-5-11(10)13-14-12/h4-5,8H,1-3H3,(H,13,14). The fourth-order valence-electron chi connectivity index (χ4n) is 1.46. The van der Waals surface area contributed by atoms with E-state index in [1.807, 2.05) is 0 Å². The molecule has 0 atom stereocenters. The number of non-ortho nitro benzene ring substituents is 1. The van der Waals surface area contributed by atoms with E-state index in [9.17, 15) is 10.1 Å². The van der Waals surface area contributed by atoms with E-state index < -0.39 is 13.0 Å². The number of H-pyrrole nitrogens is 1. The van der Waals surface area contributed by atoms with Gasteiger partial charge in [0.2, 0.25) is 0 Å². The Morgan fingerprint density at radius 3 is 2.72 bits per heavy atom. The van der Waals surface area contributed by atoms with Gasteiger partial charge in [-0.3, -0.25) is 15.2 Å². The minimum Gasteiger partial charge on any atom is -0.269 e. The minimum atomic E-state index is -1.48. The van der Waals surface area contributed by atoms with Gasteiger partial charge in [0.05, 0.1) is 10.4 Å². The van der Waals surface area contributed by atoms with Crippen molar-refractivity contribution in [3.8, 4) is 11.5 Å². The highest BCUT2D eigenvalue weighted by molar-refractivity contribution is 6.83. The summed E-state index contributed by atoms with van der Waals surface area (Å²) >= 11 is 0. The third kappa shape index (κ3) is 2.57. The van der Waals surface area contributed by atoms with Gasteiger partial charge >= 0.3 is 0 Å². The molecular formula is C12H13N3O2Si. The lowest BCUT2D eigenvalue weighted by Crippen LogP contribution is -2.16. The number of nitro groups is 1. The van der Waals surface area contributed by atoms with E-state index in [0.29, 0.717) is 16.6 Å². The van der Waals surface area contributed by atoms with E-state index in [-0.39, 0.29) is 5.69 Å². The highest BCUT2D eigenvalue weighted by Gasteiger charge is 2.12. The number of fused-ring (bicyclic) bond motifs is 1. The van der Waals surface area contributed by atoms with Crippen molar-refractivity contribution in [1.82, 2.24) is 10.2 Å². The Balaban J connectivity index is 2.54.